The zero-order valence-corrected chi connectivity index (χ0v) is 10.4. The molecule has 2 amide bonds. The van der Waals surface area contributed by atoms with E-state index in [2.05, 4.69) is 10.6 Å². The zero-order valence-electron chi connectivity index (χ0n) is 10.4. The third-order valence-electron chi connectivity index (χ3n) is 3.12. The van der Waals surface area contributed by atoms with Gasteiger partial charge in [-0.25, -0.2) is 4.79 Å². The molecule has 1 rings (SSSR count). The predicted molar refractivity (Wildman–Crippen MR) is 64.8 cm³/mol. The van der Waals surface area contributed by atoms with Crippen LogP contribution in [-0.2, 0) is 4.79 Å². The van der Waals surface area contributed by atoms with Gasteiger partial charge in [0.25, 0.3) is 0 Å². The number of rotatable bonds is 5. The second-order valence-electron chi connectivity index (χ2n) is 4.78. The first-order valence-electron chi connectivity index (χ1n) is 5.85. The molecule has 0 unspecified atom stereocenters. The van der Waals surface area contributed by atoms with E-state index < -0.39 is 11.4 Å². The maximum atomic E-state index is 11.4. The van der Waals surface area contributed by atoms with E-state index in [0.717, 1.165) is 12.0 Å². The van der Waals surface area contributed by atoms with Gasteiger partial charge in [-0.2, -0.15) is 0 Å². The number of nitrogens with one attached hydrogen (secondary N) is 2. The lowest BCUT2D eigenvalue weighted by Crippen LogP contribution is -2.49. The van der Waals surface area contributed by atoms with E-state index in [-0.39, 0.29) is 12.6 Å². The van der Waals surface area contributed by atoms with E-state index in [4.69, 9.17) is 5.11 Å². The third-order valence-corrected chi connectivity index (χ3v) is 3.12. The summed E-state index contributed by atoms with van der Waals surface area (Å²) in [5.41, 5.74) is 0.403. The number of allylic oxidation sites excluding steroid dienone is 1. The Hall–Kier alpha value is -1.52. The van der Waals surface area contributed by atoms with E-state index in [0.29, 0.717) is 19.4 Å². The molecule has 0 aliphatic heterocycles. The molecule has 0 aromatic heterocycles. The van der Waals surface area contributed by atoms with Gasteiger partial charge in [-0.3, -0.25) is 4.79 Å². The van der Waals surface area contributed by atoms with Crippen molar-refractivity contribution in [3.63, 3.8) is 0 Å². The molecule has 0 aromatic carbocycles. The van der Waals surface area contributed by atoms with Crippen LogP contribution in [0.2, 0.25) is 0 Å². The molecule has 5 nitrogen and oxygen atoms in total. The molecule has 0 radical (unpaired) electrons. The van der Waals surface area contributed by atoms with Gasteiger partial charge in [0.15, 0.2) is 0 Å². The van der Waals surface area contributed by atoms with Crippen molar-refractivity contribution in [1.29, 1.82) is 0 Å². The van der Waals surface area contributed by atoms with E-state index in [1.54, 1.807) is 0 Å². The largest absolute Gasteiger partial charge is 0.481 e. The van der Waals surface area contributed by atoms with Crippen LogP contribution < -0.4 is 10.6 Å². The molecule has 1 aliphatic carbocycles. The summed E-state index contributed by atoms with van der Waals surface area (Å²) in [4.78, 5) is 22.4. The molecule has 96 valence electrons. The summed E-state index contributed by atoms with van der Waals surface area (Å²) in [6, 6.07) is -0.310. The summed E-state index contributed by atoms with van der Waals surface area (Å²) in [7, 11) is 0. The highest BCUT2D eigenvalue weighted by Crippen LogP contribution is 2.40. The van der Waals surface area contributed by atoms with E-state index >= 15 is 0 Å². The fraction of sp³-hybridized carbons (Fsp3) is 0.667. The summed E-state index contributed by atoms with van der Waals surface area (Å²) in [6.45, 7) is 4.58. The molecule has 0 saturated heterocycles. The summed E-state index contributed by atoms with van der Waals surface area (Å²) in [5, 5.41) is 14.3. The lowest BCUT2D eigenvalue weighted by molar-refractivity contribution is -0.153. The van der Waals surface area contributed by atoms with Gasteiger partial charge in [-0.1, -0.05) is 18.1 Å². The predicted octanol–water partition coefficient (Wildman–Crippen LogP) is 1.51. The van der Waals surface area contributed by atoms with Crippen LogP contribution in [0.1, 0.15) is 33.1 Å². The fourth-order valence-electron chi connectivity index (χ4n) is 1.73. The molecular formula is C12H20N2O3. The normalized spacial score (nSPS) is 16.6. The molecule has 0 bridgehead atoms. The van der Waals surface area contributed by atoms with Crippen molar-refractivity contribution in [3.8, 4) is 0 Å². The minimum Gasteiger partial charge on any atom is -0.481 e. The van der Waals surface area contributed by atoms with Crippen LogP contribution in [0, 0.1) is 5.41 Å². The second-order valence-corrected chi connectivity index (χ2v) is 4.78. The standard InChI is InChI=1S/C12H20N2O3/c1-9(2)4-7-13-11(17)14-8-12(10(15)16)5-3-6-12/h4H,3,5-8H2,1-2H3,(H,15,16)(H2,13,14,17). The van der Waals surface area contributed by atoms with E-state index in [1.807, 2.05) is 19.9 Å². The van der Waals surface area contributed by atoms with Crippen molar-refractivity contribution in [3.05, 3.63) is 11.6 Å². The molecule has 0 atom stereocenters. The van der Waals surface area contributed by atoms with Gasteiger partial charge in [0, 0.05) is 13.1 Å². The highest BCUT2D eigenvalue weighted by molar-refractivity contribution is 5.78. The minimum absolute atomic E-state index is 0.211. The lowest BCUT2D eigenvalue weighted by Gasteiger charge is -2.37. The SMILES string of the molecule is CC(C)=CCNC(=O)NCC1(C(=O)O)CCC1. The quantitative estimate of drug-likeness (QED) is 0.637. The zero-order chi connectivity index (χ0) is 12.9. The number of amides is 2. The number of urea groups is 1. The molecule has 3 N–H and O–H groups in total. The molecule has 0 heterocycles. The van der Waals surface area contributed by atoms with Crippen LogP contribution in [-0.4, -0.2) is 30.2 Å². The van der Waals surface area contributed by atoms with Crippen LogP contribution in [0.25, 0.3) is 0 Å². The highest BCUT2D eigenvalue weighted by Gasteiger charge is 2.44. The first kappa shape index (κ1) is 13.5. The van der Waals surface area contributed by atoms with Gasteiger partial charge < -0.3 is 15.7 Å². The van der Waals surface area contributed by atoms with Crippen molar-refractivity contribution < 1.29 is 14.7 Å². The van der Waals surface area contributed by atoms with Gasteiger partial charge >= 0.3 is 12.0 Å². The average molecular weight is 240 g/mol. The van der Waals surface area contributed by atoms with Gasteiger partial charge in [0.1, 0.15) is 0 Å². The van der Waals surface area contributed by atoms with Crippen molar-refractivity contribution in [2.24, 2.45) is 5.41 Å². The summed E-state index contributed by atoms with van der Waals surface area (Å²) < 4.78 is 0. The molecule has 1 fully saturated rings. The maximum absolute atomic E-state index is 11.4. The molecular weight excluding hydrogens is 220 g/mol. The highest BCUT2D eigenvalue weighted by atomic mass is 16.4. The fourth-order valence-corrected chi connectivity index (χ4v) is 1.73. The smallest absolute Gasteiger partial charge is 0.315 e. The molecule has 1 aliphatic rings. The number of carboxylic acids is 1. The topological polar surface area (TPSA) is 78.4 Å². The Bertz CT molecular complexity index is 329. The lowest BCUT2D eigenvalue weighted by atomic mass is 9.69. The van der Waals surface area contributed by atoms with Gasteiger partial charge in [-0.05, 0) is 26.7 Å². The number of carbonyl (C=O) groups is 2. The minimum atomic E-state index is -0.812. The number of hydrogen-bond donors (Lipinski definition) is 3. The maximum Gasteiger partial charge on any atom is 0.315 e. The molecule has 0 spiro atoms. The molecule has 5 heteroatoms. The third kappa shape index (κ3) is 3.76. The number of carboxylic acid groups (broad SMARTS) is 1. The van der Waals surface area contributed by atoms with Crippen molar-refractivity contribution in [1.82, 2.24) is 10.6 Å². The Morgan fingerprint density at radius 1 is 1.29 bits per heavy atom. The van der Waals surface area contributed by atoms with Crippen LogP contribution in [0.15, 0.2) is 11.6 Å². The number of hydrogen-bond acceptors (Lipinski definition) is 2. The summed E-state index contributed by atoms with van der Waals surface area (Å²) in [6.07, 6.45) is 4.12. The monoisotopic (exact) mass is 240 g/mol. The van der Waals surface area contributed by atoms with Crippen molar-refractivity contribution >= 4 is 12.0 Å². The Morgan fingerprint density at radius 3 is 2.35 bits per heavy atom. The number of aliphatic carboxylic acids is 1. The van der Waals surface area contributed by atoms with E-state index in [1.165, 1.54) is 0 Å². The van der Waals surface area contributed by atoms with Gasteiger partial charge in [0.05, 0.1) is 5.41 Å². The molecule has 1 saturated carbocycles. The van der Waals surface area contributed by atoms with Crippen molar-refractivity contribution in [2.75, 3.05) is 13.1 Å². The Morgan fingerprint density at radius 2 is 1.94 bits per heavy atom. The summed E-state index contributed by atoms with van der Waals surface area (Å²) >= 11 is 0. The number of carbonyl (C=O) groups excluding carboxylic acids is 1. The Labute approximate surface area is 101 Å². The van der Waals surface area contributed by atoms with Crippen LogP contribution in [0.4, 0.5) is 4.79 Å². The Kier molecular flexibility index (Phi) is 4.54. The van der Waals surface area contributed by atoms with Crippen LogP contribution >= 0.6 is 0 Å². The Balaban J connectivity index is 2.28. The molecule has 0 aromatic rings. The summed E-state index contributed by atoms with van der Waals surface area (Å²) in [5.74, 6) is -0.812. The van der Waals surface area contributed by atoms with Crippen LogP contribution in [0.5, 0.6) is 0 Å². The van der Waals surface area contributed by atoms with Gasteiger partial charge in [-0.15, -0.1) is 0 Å². The first-order chi connectivity index (χ1) is 7.96. The average Bonchev–Trinajstić information content (AvgIpc) is 2.14. The van der Waals surface area contributed by atoms with Crippen molar-refractivity contribution in [2.45, 2.75) is 33.1 Å². The van der Waals surface area contributed by atoms with Gasteiger partial charge in [0.2, 0.25) is 0 Å². The molecule has 17 heavy (non-hydrogen) atoms. The van der Waals surface area contributed by atoms with E-state index in [9.17, 15) is 9.59 Å². The second kappa shape index (κ2) is 5.70. The first-order valence-corrected chi connectivity index (χ1v) is 5.85. The van der Waals surface area contributed by atoms with Crippen LogP contribution in [0.3, 0.4) is 0 Å².